The van der Waals surface area contributed by atoms with Crippen molar-refractivity contribution in [2.24, 2.45) is 0 Å². The molecule has 1 aromatic carbocycles. The number of rotatable bonds is 5. The van der Waals surface area contributed by atoms with Gasteiger partial charge in [-0.25, -0.2) is 0 Å². The predicted octanol–water partition coefficient (Wildman–Crippen LogP) is 3.08. The zero-order chi connectivity index (χ0) is 14.7. The minimum absolute atomic E-state index is 0.427. The fourth-order valence-corrected chi connectivity index (χ4v) is 3.09. The molecular weight excluding hydrogens is 262 g/mol. The van der Waals surface area contributed by atoms with Crippen LogP contribution in [0, 0.1) is 0 Å². The van der Waals surface area contributed by atoms with Crippen LogP contribution in [0.3, 0.4) is 0 Å². The summed E-state index contributed by atoms with van der Waals surface area (Å²) in [4.78, 5) is 0. The highest BCUT2D eigenvalue weighted by Gasteiger charge is 2.23. The molecule has 1 heterocycles. The van der Waals surface area contributed by atoms with Gasteiger partial charge in [-0.15, -0.1) is 0 Å². The maximum absolute atomic E-state index is 5.19. The van der Waals surface area contributed by atoms with Gasteiger partial charge in [0.2, 0.25) is 0 Å². The van der Waals surface area contributed by atoms with Crippen LogP contribution in [0.2, 0.25) is 0 Å². The largest absolute Gasteiger partial charge is 0.497 e. The maximum Gasteiger partial charge on any atom is 0.118 e. The lowest BCUT2D eigenvalue weighted by Crippen LogP contribution is -2.25. The van der Waals surface area contributed by atoms with Gasteiger partial charge in [0, 0.05) is 30.4 Å². The van der Waals surface area contributed by atoms with Gasteiger partial charge in [-0.3, -0.25) is 4.68 Å². The van der Waals surface area contributed by atoms with Gasteiger partial charge < -0.3 is 10.1 Å². The molecule has 0 unspecified atom stereocenters. The van der Waals surface area contributed by atoms with Gasteiger partial charge in [0.05, 0.1) is 13.3 Å². The Hall–Kier alpha value is -1.81. The van der Waals surface area contributed by atoms with E-state index in [1.54, 1.807) is 7.11 Å². The monoisotopic (exact) mass is 285 g/mol. The Labute approximate surface area is 126 Å². The van der Waals surface area contributed by atoms with E-state index < -0.39 is 0 Å². The summed E-state index contributed by atoms with van der Waals surface area (Å²) in [5.41, 5.74) is 4.08. The van der Waals surface area contributed by atoms with Gasteiger partial charge in [-0.05, 0) is 43.9 Å². The van der Waals surface area contributed by atoms with Crippen molar-refractivity contribution in [1.82, 2.24) is 15.1 Å². The Kier molecular flexibility index (Phi) is 4.25. The molecule has 1 aliphatic rings. The van der Waals surface area contributed by atoms with Crippen molar-refractivity contribution >= 4 is 0 Å². The molecule has 1 aliphatic carbocycles. The fraction of sp³-hybridized carbons (Fsp3) is 0.471. The van der Waals surface area contributed by atoms with E-state index in [0.29, 0.717) is 6.04 Å². The fourth-order valence-electron chi connectivity index (χ4n) is 3.09. The third-order valence-corrected chi connectivity index (χ3v) is 4.27. The van der Waals surface area contributed by atoms with E-state index in [1.165, 1.54) is 29.7 Å². The van der Waals surface area contributed by atoms with Gasteiger partial charge in [0.25, 0.3) is 0 Å². The van der Waals surface area contributed by atoms with Crippen molar-refractivity contribution in [3.05, 3.63) is 47.3 Å². The Morgan fingerprint density at radius 1 is 1.33 bits per heavy atom. The summed E-state index contributed by atoms with van der Waals surface area (Å²) in [5, 5.41) is 8.18. The molecule has 1 aromatic heterocycles. The summed E-state index contributed by atoms with van der Waals surface area (Å²) in [7, 11) is 1.70. The zero-order valence-electron chi connectivity index (χ0n) is 12.8. The molecule has 0 amide bonds. The van der Waals surface area contributed by atoms with Crippen LogP contribution < -0.4 is 10.1 Å². The molecule has 0 saturated heterocycles. The first-order valence-corrected chi connectivity index (χ1v) is 7.72. The molecule has 0 saturated carbocycles. The van der Waals surface area contributed by atoms with Crippen molar-refractivity contribution < 1.29 is 4.74 Å². The second-order valence-corrected chi connectivity index (χ2v) is 5.54. The average molecular weight is 285 g/mol. The maximum atomic E-state index is 5.19. The summed E-state index contributed by atoms with van der Waals surface area (Å²) in [5.74, 6) is 0.905. The molecule has 0 radical (unpaired) electrons. The number of fused-ring (bicyclic) bond motifs is 1. The molecule has 3 rings (SSSR count). The first kappa shape index (κ1) is 14.1. The number of hydrogen-bond donors (Lipinski definition) is 1. The summed E-state index contributed by atoms with van der Waals surface area (Å²) in [6.45, 7) is 3.99. The SMILES string of the molecule is CCn1ncc2c1CCC[C@@H]2NCc1ccc(OC)cc1. The normalized spacial score (nSPS) is 17.5. The molecule has 112 valence electrons. The van der Waals surface area contributed by atoms with E-state index in [4.69, 9.17) is 4.74 Å². The van der Waals surface area contributed by atoms with Gasteiger partial charge >= 0.3 is 0 Å². The molecule has 0 fully saturated rings. The van der Waals surface area contributed by atoms with Crippen molar-refractivity contribution in [2.45, 2.75) is 45.3 Å². The summed E-state index contributed by atoms with van der Waals surface area (Å²) >= 11 is 0. The van der Waals surface area contributed by atoms with Crippen molar-refractivity contribution in [2.75, 3.05) is 7.11 Å². The second-order valence-electron chi connectivity index (χ2n) is 5.54. The molecule has 4 nitrogen and oxygen atoms in total. The minimum atomic E-state index is 0.427. The highest BCUT2D eigenvalue weighted by Crippen LogP contribution is 2.29. The first-order chi connectivity index (χ1) is 10.3. The van der Waals surface area contributed by atoms with Gasteiger partial charge in [-0.2, -0.15) is 5.10 Å². The molecule has 1 atom stereocenters. The van der Waals surface area contributed by atoms with Crippen LogP contribution in [0.4, 0.5) is 0 Å². The topological polar surface area (TPSA) is 39.1 Å². The van der Waals surface area contributed by atoms with Crippen LogP contribution in [-0.4, -0.2) is 16.9 Å². The number of methoxy groups -OCH3 is 1. The first-order valence-electron chi connectivity index (χ1n) is 7.72. The van der Waals surface area contributed by atoms with Crippen LogP contribution in [0.5, 0.6) is 5.75 Å². The summed E-state index contributed by atoms with van der Waals surface area (Å²) in [6, 6.07) is 8.68. The predicted molar refractivity (Wildman–Crippen MR) is 83.4 cm³/mol. The Bertz CT molecular complexity index is 589. The van der Waals surface area contributed by atoms with E-state index in [0.717, 1.165) is 25.3 Å². The molecule has 0 aliphatic heterocycles. The number of nitrogens with zero attached hydrogens (tertiary/aromatic N) is 2. The third-order valence-electron chi connectivity index (χ3n) is 4.27. The number of benzene rings is 1. The van der Waals surface area contributed by atoms with E-state index in [-0.39, 0.29) is 0 Å². The Morgan fingerprint density at radius 2 is 2.14 bits per heavy atom. The van der Waals surface area contributed by atoms with Crippen LogP contribution in [-0.2, 0) is 19.5 Å². The lowest BCUT2D eigenvalue weighted by Gasteiger charge is -2.24. The molecule has 21 heavy (non-hydrogen) atoms. The quantitative estimate of drug-likeness (QED) is 0.917. The van der Waals surface area contributed by atoms with E-state index in [1.807, 2.05) is 18.3 Å². The van der Waals surface area contributed by atoms with Crippen molar-refractivity contribution in [3.8, 4) is 5.75 Å². The lowest BCUT2D eigenvalue weighted by molar-refractivity contribution is 0.414. The van der Waals surface area contributed by atoms with Crippen molar-refractivity contribution in [1.29, 1.82) is 0 Å². The number of nitrogens with one attached hydrogen (secondary N) is 1. The van der Waals surface area contributed by atoms with Crippen LogP contribution in [0.15, 0.2) is 30.5 Å². The van der Waals surface area contributed by atoms with Gasteiger partial charge in [0.15, 0.2) is 0 Å². The van der Waals surface area contributed by atoms with Gasteiger partial charge in [0.1, 0.15) is 5.75 Å². The summed E-state index contributed by atoms with van der Waals surface area (Å²) < 4.78 is 7.33. The number of hydrogen-bond acceptors (Lipinski definition) is 3. The zero-order valence-corrected chi connectivity index (χ0v) is 12.8. The smallest absolute Gasteiger partial charge is 0.118 e. The van der Waals surface area contributed by atoms with Crippen LogP contribution >= 0.6 is 0 Å². The van der Waals surface area contributed by atoms with E-state index in [9.17, 15) is 0 Å². The minimum Gasteiger partial charge on any atom is -0.497 e. The Balaban J connectivity index is 1.67. The van der Waals surface area contributed by atoms with Crippen molar-refractivity contribution in [3.63, 3.8) is 0 Å². The molecular formula is C17H23N3O. The Morgan fingerprint density at radius 3 is 2.86 bits per heavy atom. The van der Waals surface area contributed by atoms with Gasteiger partial charge in [-0.1, -0.05) is 12.1 Å². The molecule has 2 aromatic rings. The lowest BCUT2D eigenvalue weighted by atomic mass is 9.93. The highest BCUT2D eigenvalue weighted by atomic mass is 16.5. The molecule has 4 heteroatoms. The highest BCUT2D eigenvalue weighted by molar-refractivity contribution is 5.28. The number of aromatic nitrogens is 2. The van der Waals surface area contributed by atoms with Crippen LogP contribution in [0.25, 0.3) is 0 Å². The second kappa shape index (κ2) is 6.31. The molecule has 0 bridgehead atoms. The van der Waals surface area contributed by atoms with Crippen LogP contribution in [0.1, 0.15) is 42.6 Å². The number of ether oxygens (including phenoxy) is 1. The number of aryl methyl sites for hydroxylation is 1. The standard InChI is InChI=1S/C17H23N3O/c1-3-20-17-6-4-5-16(15(17)12-19-20)18-11-13-7-9-14(21-2)10-8-13/h7-10,12,16,18H,3-6,11H2,1-2H3/t16-/m0/s1. The average Bonchev–Trinajstić information content (AvgIpc) is 2.97. The van der Waals surface area contributed by atoms with E-state index in [2.05, 4.69) is 34.2 Å². The molecule has 1 N–H and O–H groups in total. The molecule has 0 spiro atoms. The van der Waals surface area contributed by atoms with E-state index >= 15 is 0 Å². The third kappa shape index (κ3) is 2.95. The summed E-state index contributed by atoms with van der Waals surface area (Å²) in [6.07, 6.45) is 5.63.